The molecule has 0 N–H and O–H groups in total. The lowest BCUT2D eigenvalue weighted by molar-refractivity contribution is 0.443. The molecular weight excluding hydrogens is 761 g/mol. The standard InChI is InChI=1S/C61H52N2/c1-4-17-41(18-5-1)43-31-34-50-51-35-32-44(42-19-6-2-7-20-42)38-57(51)61(56(50)37-43)55-28-13-10-25-49(55)52-36-33-48(40-58(52)61)62(45-21-8-3-9-22-45)46-23-16-24-47(39-46)63-59-29-14-11-26-53(59)54-27-12-15-30-60(54)63/h3,8-16,21-42H,1-2,4-7,17-20H2. The minimum Gasteiger partial charge on any atom is -0.310 e. The molecule has 4 aliphatic carbocycles. The van der Waals surface area contributed by atoms with Crippen molar-refractivity contribution >= 4 is 38.9 Å². The zero-order chi connectivity index (χ0) is 41.5. The van der Waals surface area contributed by atoms with Crippen LogP contribution in [0.5, 0.6) is 0 Å². The molecule has 13 rings (SSSR count). The van der Waals surface area contributed by atoms with Gasteiger partial charge in [0.2, 0.25) is 0 Å². The first-order chi connectivity index (χ1) is 31.3. The Kier molecular flexibility index (Phi) is 8.65. The molecule has 0 bridgehead atoms. The summed E-state index contributed by atoms with van der Waals surface area (Å²) in [4.78, 5) is 2.49. The summed E-state index contributed by atoms with van der Waals surface area (Å²) < 4.78 is 2.44. The van der Waals surface area contributed by atoms with Gasteiger partial charge in [-0.3, -0.25) is 0 Å². The second-order valence-electron chi connectivity index (χ2n) is 18.9. The molecule has 1 heterocycles. The summed E-state index contributed by atoms with van der Waals surface area (Å²) in [5, 5.41) is 2.55. The van der Waals surface area contributed by atoms with Crippen LogP contribution in [-0.4, -0.2) is 4.57 Å². The summed E-state index contributed by atoms with van der Waals surface area (Å²) in [6, 6.07) is 69.9. The van der Waals surface area contributed by atoms with Crippen LogP contribution in [0, 0.1) is 0 Å². The summed E-state index contributed by atoms with van der Waals surface area (Å²) in [5.41, 5.74) is 21.0. The molecule has 0 unspecified atom stereocenters. The van der Waals surface area contributed by atoms with E-state index >= 15 is 0 Å². The number of para-hydroxylation sites is 3. The van der Waals surface area contributed by atoms with E-state index in [1.807, 2.05) is 0 Å². The number of hydrogen-bond donors (Lipinski definition) is 0. The Morgan fingerprint density at radius 2 is 0.857 bits per heavy atom. The molecule has 63 heavy (non-hydrogen) atoms. The maximum Gasteiger partial charge on any atom is 0.0726 e. The van der Waals surface area contributed by atoms with E-state index in [-0.39, 0.29) is 0 Å². The number of anilines is 3. The summed E-state index contributed by atoms with van der Waals surface area (Å²) >= 11 is 0. The van der Waals surface area contributed by atoms with Gasteiger partial charge in [0.15, 0.2) is 0 Å². The smallest absolute Gasteiger partial charge is 0.0726 e. The van der Waals surface area contributed by atoms with Crippen LogP contribution in [0.4, 0.5) is 17.1 Å². The van der Waals surface area contributed by atoms with Gasteiger partial charge in [-0.05, 0) is 148 Å². The molecule has 0 aliphatic heterocycles. The molecule has 306 valence electrons. The highest BCUT2D eigenvalue weighted by Crippen LogP contribution is 2.64. The quantitative estimate of drug-likeness (QED) is 0.162. The Morgan fingerprint density at radius 3 is 1.49 bits per heavy atom. The Labute approximate surface area is 371 Å². The molecule has 9 aromatic rings. The Morgan fingerprint density at radius 1 is 0.365 bits per heavy atom. The lowest BCUT2D eigenvalue weighted by Crippen LogP contribution is -2.27. The molecule has 0 saturated heterocycles. The highest BCUT2D eigenvalue weighted by atomic mass is 15.1. The van der Waals surface area contributed by atoms with Gasteiger partial charge in [0, 0.05) is 33.5 Å². The van der Waals surface area contributed by atoms with Gasteiger partial charge in [-0.1, -0.05) is 166 Å². The van der Waals surface area contributed by atoms with Crippen molar-refractivity contribution in [3.63, 3.8) is 0 Å². The van der Waals surface area contributed by atoms with Crippen molar-refractivity contribution in [3.8, 4) is 27.9 Å². The fourth-order valence-corrected chi connectivity index (χ4v) is 12.7. The van der Waals surface area contributed by atoms with Crippen LogP contribution >= 0.6 is 0 Å². The average Bonchev–Trinajstić information content (AvgIpc) is 3.96. The van der Waals surface area contributed by atoms with E-state index in [4.69, 9.17) is 0 Å². The van der Waals surface area contributed by atoms with Crippen LogP contribution in [0.2, 0.25) is 0 Å². The third-order valence-corrected chi connectivity index (χ3v) is 15.6. The SMILES string of the molecule is c1ccc(N(c2cccc(-n3c4ccccc4c4ccccc43)c2)c2ccc3c(c2)C2(c4ccccc4-3)c3cc(C4CCCCC4)ccc3-c3ccc(C4CCCCC4)cc32)cc1. The zero-order valence-electron chi connectivity index (χ0n) is 35.9. The van der Waals surface area contributed by atoms with E-state index < -0.39 is 5.41 Å². The molecule has 0 atom stereocenters. The average molecular weight is 813 g/mol. The Balaban J connectivity index is 1.05. The number of fused-ring (bicyclic) bond motifs is 13. The fourth-order valence-electron chi connectivity index (χ4n) is 12.7. The monoisotopic (exact) mass is 812 g/mol. The van der Waals surface area contributed by atoms with Crippen LogP contribution < -0.4 is 4.90 Å². The first-order valence-corrected chi connectivity index (χ1v) is 23.7. The lowest BCUT2D eigenvalue weighted by atomic mass is 9.69. The molecule has 2 fully saturated rings. The van der Waals surface area contributed by atoms with Crippen molar-refractivity contribution in [2.75, 3.05) is 4.90 Å². The van der Waals surface area contributed by atoms with Crippen LogP contribution in [0.25, 0.3) is 49.7 Å². The molecular formula is C61H52N2. The molecule has 0 radical (unpaired) electrons. The fraction of sp³-hybridized carbons (Fsp3) is 0.213. The topological polar surface area (TPSA) is 8.17 Å². The molecule has 2 saturated carbocycles. The predicted octanol–water partition coefficient (Wildman–Crippen LogP) is 16.7. The van der Waals surface area contributed by atoms with E-state index in [1.165, 1.54) is 147 Å². The predicted molar refractivity (Wildman–Crippen MR) is 263 cm³/mol. The number of benzene rings is 8. The van der Waals surface area contributed by atoms with Crippen molar-refractivity contribution < 1.29 is 0 Å². The first kappa shape index (κ1) is 37.0. The van der Waals surface area contributed by atoms with Gasteiger partial charge in [0.05, 0.1) is 16.4 Å². The zero-order valence-corrected chi connectivity index (χ0v) is 35.9. The molecule has 1 aromatic heterocycles. The van der Waals surface area contributed by atoms with Crippen molar-refractivity contribution in [1.29, 1.82) is 0 Å². The highest BCUT2D eigenvalue weighted by molar-refractivity contribution is 6.09. The lowest BCUT2D eigenvalue weighted by Gasteiger charge is -2.33. The van der Waals surface area contributed by atoms with Gasteiger partial charge in [-0.25, -0.2) is 0 Å². The second-order valence-corrected chi connectivity index (χ2v) is 18.9. The molecule has 2 heteroatoms. The second kappa shape index (κ2) is 14.7. The maximum absolute atomic E-state index is 2.67. The van der Waals surface area contributed by atoms with Crippen molar-refractivity contribution in [2.24, 2.45) is 0 Å². The number of nitrogens with zero attached hydrogens (tertiary/aromatic N) is 2. The Hall–Kier alpha value is -6.64. The van der Waals surface area contributed by atoms with E-state index in [0.29, 0.717) is 11.8 Å². The molecule has 0 amide bonds. The summed E-state index contributed by atoms with van der Waals surface area (Å²) in [7, 11) is 0. The molecule has 4 aliphatic rings. The van der Waals surface area contributed by atoms with Crippen molar-refractivity contribution in [1.82, 2.24) is 4.57 Å². The van der Waals surface area contributed by atoms with E-state index in [1.54, 1.807) is 0 Å². The van der Waals surface area contributed by atoms with Gasteiger partial charge in [0.25, 0.3) is 0 Å². The number of aromatic nitrogens is 1. The van der Waals surface area contributed by atoms with E-state index in [9.17, 15) is 0 Å². The highest BCUT2D eigenvalue weighted by Gasteiger charge is 2.52. The Bertz CT molecular complexity index is 3090. The van der Waals surface area contributed by atoms with E-state index in [2.05, 4.69) is 191 Å². The minimum atomic E-state index is -0.421. The van der Waals surface area contributed by atoms with Gasteiger partial charge in [-0.2, -0.15) is 0 Å². The largest absolute Gasteiger partial charge is 0.310 e. The molecule has 2 nitrogen and oxygen atoms in total. The van der Waals surface area contributed by atoms with Gasteiger partial charge in [-0.15, -0.1) is 0 Å². The molecule has 8 aromatic carbocycles. The number of rotatable bonds is 6. The summed E-state index contributed by atoms with van der Waals surface area (Å²) in [6.45, 7) is 0. The van der Waals surface area contributed by atoms with Crippen LogP contribution in [0.1, 0.15) is 109 Å². The van der Waals surface area contributed by atoms with Gasteiger partial charge >= 0.3 is 0 Å². The third kappa shape index (κ3) is 5.63. The van der Waals surface area contributed by atoms with Crippen LogP contribution in [-0.2, 0) is 5.41 Å². The number of hydrogen-bond acceptors (Lipinski definition) is 1. The maximum atomic E-state index is 2.67. The molecule has 1 spiro atoms. The van der Waals surface area contributed by atoms with E-state index in [0.717, 1.165) is 17.1 Å². The van der Waals surface area contributed by atoms with Gasteiger partial charge < -0.3 is 9.47 Å². The summed E-state index contributed by atoms with van der Waals surface area (Å²) in [6.07, 6.45) is 13.2. The normalized spacial score (nSPS) is 16.6. The summed E-state index contributed by atoms with van der Waals surface area (Å²) in [5.74, 6) is 1.25. The van der Waals surface area contributed by atoms with Crippen LogP contribution in [0.3, 0.4) is 0 Å². The van der Waals surface area contributed by atoms with Crippen LogP contribution in [0.15, 0.2) is 182 Å². The third-order valence-electron chi connectivity index (χ3n) is 15.6. The van der Waals surface area contributed by atoms with Crippen molar-refractivity contribution in [3.05, 3.63) is 215 Å². The first-order valence-electron chi connectivity index (χ1n) is 23.7. The van der Waals surface area contributed by atoms with Gasteiger partial charge in [0.1, 0.15) is 0 Å². The minimum absolute atomic E-state index is 0.421. The van der Waals surface area contributed by atoms with Crippen molar-refractivity contribution in [2.45, 2.75) is 81.5 Å².